The molecule has 3 N–H and O–H groups in total. The van der Waals surface area contributed by atoms with Crippen LogP contribution in [0.4, 0.5) is 11.8 Å². The summed E-state index contributed by atoms with van der Waals surface area (Å²) in [4.78, 5) is 15.9. The monoisotopic (exact) mass is 426 g/mol. The molecule has 3 aromatic rings. The van der Waals surface area contributed by atoms with E-state index in [4.69, 9.17) is 10.1 Å². The van der Waals surface area contributed by atoms with Crippen LogP contribution >= 0.6 is 11.3 Å². The number of pyridine rings is 1. The van der Waals surface area contributed by atoms with Crippen molar-refractivity contribution in [2.75, 3.05) is 43.0 Å². The van der Waals surface area contributed by atoms with Gasteiger partial charge in [-0.25, -0.2) is 4.98 Å². The van der Waals surface area contributed by atoms with Gasteiger partial charge < -0.3 is 20.6 Å². The molecule has 7 nitrogen and oxygen atoms in total. The van der Waals surface area contributed by atoms with Crippen molar-refractivity contribution in [2.45, 2.75) is 38.6 Å². The lowest BCUT2D eigenvalue weighted by Crippen LogP contribution is -2.43. The van der Waals surface area contributed by atoms with E-state index in [0.29, 0.717) is 18.5 Å². The molecule has 1 aliphatic heterocycles. The molecule has 1 aliphatic rings. The number of aliphatic hydroxyl groups is 1. The zero-order valence-corrected chi connectivity index (χ0v) is 18.3. The summed E-state index contributed by atoms with van der Waals surface area (Å²) in [6, 6.07) is 4.75. The van der Waals surface area contributed by atoms with Crippen molar-refractivity contribution in [1.29, 1.82) is 0 Å². The minimum absolute atomic E-state index is 0.0670. The number of hydrogen-bond acceptors (Lipinski definition) is 8. The summed E-state index contributed by atoms with van der Waals surface area (Å²) in [6.45, 7) is 5.64. The highest BCUT2D eigenvalue weighted by molar-refractivity contribution is 7.18. The number of nitrogens with one attached hydrogen (secondary N) is 2. The molecule has 0 aromatic carbocycles. The Morgan fingerprint density at radius 1 is 1.17 bits per heavy atom. The zero-order valence-electron chi connectivity index (χ0n) is 17.5. The second-order valence-electron chi connectivity index (χ2n) is 7.79. The second kappa shape index (κ2) is 10.1. The van der Waals surface area contributed by atoms with Crippen molar-refractivity contribution < 1.29 is 5.11 Å². The van der Waals surface area contributed by atoms with E-state index in [1.165, 1.54) is 11.1 Å². The van der Waals surface area contributed by atoms with Gasteiger partial charge in [0.2, 0.25) is 5.95 Å². The van der Waals surface area contributed by atoms with Gasteiger partial charge in [-0.3, -0.25) is 4.98 Å². The van der Waals surface area contributed by atoms with Gasteiger partial charge in [0, 0.05) is 38.1 Å². The molecule has 0 bridgehead atoms. The van der Waals surface area contributed by atoms with E-state index >= 15 is 0 Å². The maximum absolute atomic E-state index is 9.12. The van der Waals surface area contributed by atoms with Crippen molar-refractivity contribution in [3.63, 3.8) is 0 Å². The van der Waals surface area contributed by atoms with Crippen LogP contribution in [0.1, 0.15) is 30.4 Å². The third-order valence-electron chi connectivity index (χ3n) is 5.59. The number of fused-ring (bicyclic) bond motifs is 1. The van der Waals surface area contributed by atoms with E-state index in [2.05, 4.69) is 49.9 Å². The third-order valence-corrected chi connectivity index (χ3v) is 6.67. The average Bonchev–Trinajstić information content (AvgIpc) is 3.16. The van der Waals surface area contributed by atoms with Crippen molar-refractivity contribution in [2.24, 2.45) is 0 Å². The molecule has 0 aliphatic carbocycles. The van der Waals surface area contributed by atoms with Crippen molar-refractivity contribution in [3.05, 3.63) is 41.0 Å². The summed E-state index contributed by atoms with van der Waals surface area (Å²) >= 11 is 1.72. The lowest BCUT2D eigenvalue weighted by molar-refractivity contribution is 0.311. The van der Waals surface area contributed by atoms with Crippen LogP contribution in [-0.4, -0.2) is 58.9 Å². The van der Waals surface area contributed by atoms with E-state index in [9.17, 15) is 0 Å². The Kier molecular flexibility index (Phi) is 7.09. The molecule has 0 unspecified atom stereocenters. The zero-order chi connectivity index (χ0) is 20.8. The Morgan fingerprint density at radius 3 is 2.73 bits per heavy atom. The average molecular weight is 427 g/mol. The first-order chi connectivity index (χ1) is 14.7. The molecule has 4 rings (SSSR count). The van der Waals surface area contributed by atoms with Gasteiger partial charge in [-0.05, 0) is 67.8 Å². The molecule has 1 saturated heterocycles. The molecule has 1 fully saturated rings. The molecular formula is C22H30N6OS. The van der Waals surface area contributed by atoms with E-state index in [1.807, 2.05) is 12.4 Å². The van der Waals surface area contributed by atoms with Gasteiger partial charge in [0.15, 0.2) is 5.82 Å². The fourth-order valence-electron chi connectivity index (χ4n) is 3.92. The van der Waals surface area contributed by atoms with E-state index < -0.39 is 0 Å². The summed E-state index contributed by atoms with van der Waals surface area (Å²) < 4.78 is 1.16. The SMILES string of the molecule is Cc1csc2c(N3CCC(NCCCc4ccncc4)CC3)nc(NCCO)nc12. The quantitative estimate of drug-likeness (QED) is 0.454. The maximum Gasteiger partial charge on any atom is 0.225 e. The van der Waals surface area contributed by atoms with Gasteiger partial charge in [-0.1, -0.05) is 0 Å². The van der Waals surface area contributed by atoms with Gasteiger partial charge in [0.25, 0.3) is 0 Å². The van der Waals surface area contributed by atoms with Gasteiger partial charge in [0.05, 0.1) is 16.8 Å². The van der Waals surface area contributed by atoms with Crippen LogP contribution < -0.4 is 15.5 Å². The molecule has 0 spiro atoms. The van der Waals surface area contributed by atoms with Crippen LogP contribution in [0.2, 0.25) is 0 Å². The minimum Gasteiger partial charge on any atom is -0.395 e. The molecule has 4 heterocycles. The Labute approximate surface area is 181 Å². The summed E-state index contributed by atoms with van der Waals surface area (Å²) in [5.74, 6) is 1.62. The molecule has 0 radical (unpaired) electrons. The lowest BCUT2D eigenvalue weighted by Gasteiger charge is -2.33. The normalized spacial score (nSPS) is 15.1. The van der Waals surface area contributed by atoms with Crippen LogP contribution in [0, 0.1) is 6.92 Å². The first kappa shape index (κ1) is 21.0. The maximum atomic E-state index is 9.12. The van der Waals surface area contributed by atoms with Crippen LogP contribution in [0.25, 0.3) is 10.2 Å². The van der Waals surface area contributed by atoms with Crippen LogP contribution in [0.15, 0.2) is 29.9 Å². The predicted octanol–water partition coefficient (Wildman–Crippen LogP) is 2.99. The minimum atomic E-state index is 0.0670. The first-order valence-corrected chi connectivity index (χ1v) is 11.6. The standard InChI is InChI=1S/C22H30N6OS/c1-16-15-30-20-19(16)26-22(25-11-14-29)27-21(20)28-12-6-18(7-13-28)24-8-2-3-17-4-9-23-10-5-17/h4-5,9-10,15,18,24,29H,2-3,6-8,11-14H2,1H3,(H,25,26,27). The highest BCUT2D eigenvalue weighted by atomic mass is 32.1. The van der Waals surface area contributed by atoms with Crippen molar-refractivity contribution in [3.8, 4) is 0 Å². The van der Waals surface area contributed by atoms with E-state index in [-0.39, 0.29) is 6.61 Å². The van der Waals surface area contributed by atoms with Crippen molar-refractivity contribution >= 4 is 33.3 Å². The summed E-state index contributed by atoms with van der Waals surface area (Å²) in [5, 5.41) is 18.1. The number of nitrogens with zero attached hydrogens (tertiary/aromatic N) is 4. The van der Waals surface area contributed by atoms with Crippen LogP contribution in [-0.2, 0) is 6.42 Å². The Bertz CT molecular complexity index is 939. The first-order valence-electron chi connectivity index (χ1n) is 10.7. The molecule has 0 saturated carbocycles. The van der Waals surface area contributed by atoms with Gasteiger partial charge in [0.1, 0.15) is 0 Å². The Morgan fingerprint density at radius 2 is 1.97 bits per heavy atom. The number of anilines is 2. The smallest absolute Gasteiger partial charge is 0.225 e. The second-order valence-corrected chi connectivity index (χ2v) is 8.67. The summed E-state index contributed by atoms with van der Waals surface area (Å²) in [7, 11) is 0. The van der Waals surface area contributed by atoms with Gasteiger partial charge in [-0.2, -0.15) is 4.98 Å². The Balaban J connectivity index is 1.33. The topological polar surface area (TPSA) is 86.2 Å². The number of piperidine rings is 1. The highest BCUT2D eigenvalue weighted by Gasteiger charge is 2.23. The summed E-state index contributed by atoms with van der Waals surface area (Å²) in [5.41, 5.74) is 3.55. The molecule has 3 aromatic heterocycles. The molecule has 30 heavy (non-hydrogen) atoms. The number of hydrogen-bond donors (Lipinski definition) is 3. The van der Waals surface area contributed by atoms with Crippen LogP contribution in [0.5, 0.6) is 0 Å². The molecule has 8 heteroatoms. The molecule has 0 amide bonds. The lowest BCUT2D eigenvalue weighted by atomic mass is 10.0. The van der Waals surface area contributed by atoms with Gasteiger partial charge in [-0.15, -0.1) is 11.3 Å². The van der Waals surface area contributed by atoms with E-state index in [0.717, 1.165) is 61.4 Å². The fraction of sp³-hybridized carbons (Fsp3) is 0.500. The molecule has 0 atom stereocenters. The highest BCUT2D eigenvalue weighted by Crippen LogP contribution is 2.34. The number of aliphatic hydroxyl groups excluding tert-OH is 1. The van der Waals surface area contributed by atoms with Gasteiger partial charge >= 0.3 is 0 Å². The number of aryl methyl sites for hydroxylation is 2. The number of rotatable bonds is 9. The predicted molar refractivity (Wildman–Crippen MR) is 124 cm³/mol. The summed E-state index contributed by atoms with van der Waals surface area (Å²) in [6.07, 6.45) is 8.19. The van der Waals surface area contributed by atoms with E-state index in [1.54, 1.807) is 11.3 Å². The fourth-order valence-corrected chi connectivity index (χ4v) is 4.93. The third kappa shape index (κ3) is 5.06. The number of thiophene rings is 1. The van der Waals surface area contributed by atoms with Crippen LogP contribution in [0.3, 0.4) is 0 Å². The molecule has 160 valence electrons. The molecular weight excluding hydrogens is 396 g/mol. The Hall–Kier alpha value is -2.29. The number of aromatic nitrogens is 3. The largest absolute Gasteiger partial charge is 0.395 e. The van der Waals surface area contributed by atoms with Crippen molar-refractivity contribution in [1.82, 2.24) is 20.3 Å².